The minimum absolute atomic E-state index is 0.772. The summed E-state index contributed by atoms with van der Waals surface area (Å²) in [5.74, 6) is 0.958. The monoisotopic (exact) mass is 295 g/mol. The van der Waals surface area contributed by atoms with E-state index in [-0.39, 0.29) is 0 Å². The Morgan fingerprint density at radius 2 is 2.20 bits per heavy atom. The van der Waals surface area contributed by atoms with Gasteiger partial charge in [-0.3, -0.25) is 0 Å². The first kappa shape index (κ1) is 15.7. The SMILES string of the molecule is CC[C@H]1CCCCN1CCCOc1ccc(Cl)cc1C. The number of benzene rings is 1. The molecule has 1 aliphatic rings. The zero-order chi connectivity index (χ0) is 14.4. The highest BCUT2D eigenvalue weighted by Gasteiger charge is 2.19. The Morgan fingerprint density at radius 1 is 1.35 bits per heavy atom. The van der Waals surface area contributed by atoms with E-state index in [0.717, 1.165) is 41.9 Å². The van der Waals surface area contributed by atoms with Crippen LogP contribution in [0.3, 0.4) is 0 Å². The molecule has 0 unspecified atom stereocenters. The van der Waals surface area contributed by atoms with Crippen molar-refractivity contribution in [1.82, 2.24) is 4.90 Å². The summed E-state index contributed by atoms with van der Waals surface area (Å²) in [6, 6.07) is 6.60. The van der Waals surface area contributed by atoms with Crippen LogP contribution in [0, 0.1) is 6.92 Å². The van der Waals surface area contributed by atoms with Gasteiger partial charge in [0.1, 0.15) is 5.75 Å². The molecule has 1 aromatic carbocycles. The maximum Gasteiger partial charge on any atom is 0.122 e. The van der Waals surface area contributed by atoms with Gasteiger partial charge in [0.05, 0.1) is 6.61 Å². The Labute approximate surface area is 128 Å². The molecule has 1 aliphatic heterocycles. The molecule has 1 saturated heterocycles. The summed E-state index contributed by atoms with van der Waals surface area (Å²) in [4.78, 5) is 2.64. The van der Waals surface area contributed by atoms with Gasteiger partial charge in [-0.1, -0.05) is 24.9 Å². The van der Waals surface area contributed by atoms with Gasteiger partial charge >= 0.3 is 0 Å². The number of ether oxygens (including phenoxy) is 1. The van der Waals surface area contributed by atoms with E-state index in [1.165, 1.54) is 32.2 Å². The summed E-state index contributed by atoms with van der Waals surface area (Å²) in [6.07, 6.45) is 6.49. The smallest absolute Gasteiger partial charge is 0.122 e. The van der Waals surface area contributed by atoms with Crippen LogP contribution in [0.1, 0.15) is 44.6 Å². The number of piperidine rings is 1. The van der Waals surface area contributed by atoms with Crippen molar-refractivity contribution < 1.29 is 4.74 Å². The molecule has 20 heavy (non-hydrogen) atoms. The van der Waals surface area contributed by atoms with E-state index in [9.17, 15) is 0 Å². The summed E-state index contributed by atoms with van der Waals surface area (Å²) in [5, 5.41) is 0.772. The highest BCUT2D eigenvalue weighted by Crippen LogP contribution is 2.22. The fraction of sp³-hybridized carbons (Fsp3) is 0.647. The lowest BCUT2D eigenvalue weighted by Crippen LogP contribution is -2.40. The first-order chi connectivity index (χ1) is 9.70. The van der Waals surface area contributed by atoms with Crippen LogP contribution in [0.4, 0.5) is 0 Å². The number of aryl methyl sites for hydroxylation is 1. The molecule has 0 N–H and O–H groups in total. The second kappa shape index (κ2) is 7.90. The Kier molecular flexibility index (Phi) is 6.18. The van der Waals surface area contributed by atoms with Crippen molar-refractivity contribution in [1.29, 1.82) is 0 Å². The predicted octanol–water partition coefficient (Wildman–Crippen LogP) is 4.68. The van der Waals surface area contributed by atoms with Crippen molar-refractivity contribution in [2.45, 2.75) is 52.0 Å². The molecule has 0 aliphatic carbocycles. The normalized spacial score (nSPS) is 20.1. The summed E-state index contributed by atoms with van der Waals surface area (Å²) in [6.45, 7) is 7.55. The van der Waals surface area contributed by atoms with Crippen LogP contribution in [0.25, 0.3) is 0 Å². The summed E-state index contributed by atoms with van der Waals surface area (Å²) >= 11 is 5.95. The van der Waals surface area contributed by atoms with Crippen LogP contribution in [-0.2, 0) is 0 Å². The molecule has 0 radical (unpaired) electrons. The topological polar surface area (TPSA) is 12.5 Å². The van der Waals surface area contributed by atoms with Gasteiger partial charge in [0.25, 0.3) is 0 Å². The second-order valence-electron chi connectivity index (χ2n) is 5.71. The molecule has 1 fully saturated rings. The molecular formula is C17H26ClNO. The zero-order valence-corrected chi connectivity index (χ0v) is 13.5. The maximum absolute atomic E-state index is 5.95. The third kappa shape index (κ3) is 4.39. The van der Waals surface area contributed by atoms with Crippen molar-refractivity contribution in [3.05, 3.63) is 28.8 Å². The molecule has 2 rings (SSSR count). The number of likely N-dealkylation sites (tertiary alicyclic amines) is 1. The van der Waals surface area contributed by atoms with Gasteiger partial charge in [0.15, 0.2) is 0 Å². The van der Waals surface area contributed by atoms with E-state index in [2.05, 4.69) is 11.8 Å². The summed E-state index contributed by atoms with van der Waals surface area (Å²) in [5.41, 5.74) is 1.11. The Morgan fingerprint density at radius 3 is 2.95 bits per heavy atom. The Balaban J connectivity index is 1.73. The third-order valence-electron chi connectivity index (χ3n) is 4.20. The number of rotatable bonds is 6. The van der Waals surface area contributed by atoms with Crippen molar-refractivity contribution in [2.75, 3.05) is 19.7 Å². The number of hydrogen-bond donors (Lipinski definition) is 0. The van der Waals surface area contributed by atoms with Crippen LogP contribution in [0.15, 0.2) is 18.2 Å². The zero-order valence-electron chi connectivity index (χ0n) is 12.7. The third-order valence-corrected chi connectivity index (χ3v) is 4.44. The fourth-order valence-corrected chi connectivity index (χ4v) is 3.27. The first-order valence-electron chi connectivity index (χ1n) is 7.83. The maximum atomic E-state index is 5.95. The van der Waals surface area contributed by atoms with E-state index in [4.69, 9.17) is 16.3 Å². The Bertz CT molecular complexity index is 421. The second-order valence-corrected chi connectivity index (χ2v) is 6.14. The van der Waals surface area contributed by atoms with E-state index in [1.807, 2.05) is 25.1 Å². The van der Waals surface area contributed by atoms with Gasteiger partial charge in [-0.05, 0) is 62.9 Å². The van der Waals surface area contributed by atoms with Crippen molar-refractivity contribution in [3.8, 4) is 5.75 Å². The molecule has 0 saturated carbocycles. The lowest BCUT2D eigenvalue weighted by Gasteiger charge is -2.35. The number of hydrogen-bond acceptors (Lipinski definition) is 2. The van der Waals surface area contributed by atoms with Crippen molar-refractivity contribution in [3.63, 3.8) is 0 Å². The van der Waals surface area contributed by atoms with Crippen LogP contribution in [-0.4, -0.2) is 30.6 Å². The summed E-state index contributed by atoms with van der Waals surface area (Å²) < 4.78 is 5.87. The molecule has 1 heterocycles. The molecular weight excluding hydrogens is 270 g/mol. The van der Waals surface area contributed by atoms with E-state index >= 15 is 0 Å². The molecule has 0 spiro atoms. The molecule has 0 bridgehead atoms. The van der Waals surface area contributed by atoms with Crippen LogP contribution >= 0.6 is 11.6 Å². The van der Waals surface area contributed by atoms with E-state index < -0.39 is 0 Å². The van der Waals surface area contributed by atoms with Crippen LogP contribution < -0.4 is 4.74 Å². The average molecular weight is 296 g/mol. The van der Waals surface area contributed by atoms with Crippen LogP contribution in [0.5, 0.6) is 5.75 Å². The van der Waals surface area contributed by atoms with Gasteiger partial charge in [-0.15, -0.1) is 0 Å². The molecule has 0 aromatic heterocycles. The largest absolute Gasteiger partial charge is 0.493 e. The standard InChI is InChI=1S/C17H26ClNO/c1-3-16-7-4-5-10-19(16)11-6-12-20-17-9-8-15(18)13-14(17)2/h8-9,13,16H,3-7,10-12H2,1-2H3/t16-/m0/s1. The highest BCUT2D eigenvalue weighted by atomic mass is 35.5. The fourth-order valence-electron chi connectivity index (χ4n) is 3.04. The Hall–Kier alpha value is -0.730. The number of nitrogens with zero attached hydrogens (tertiary/aromatic N) is 1. The van der Waals surface area contributed by atoms with Gasteiger partial charge in [-0.25, -0.2) is 0 Å². The molecule has 1 atom stereocenters. The van der Waals surface area contributed by atoms with E-state index in [1.54, 1.807) is 0 Å². The predicted molar refractivity (Wildman–Crippen MR) is 85.8 cm³/mol. The summed E-state index contributed by atoms with van der Waals surface area (Å²) in [7, 11) is 0. The molecule has 2 nitrogen and oxygen atoms in total. The van der Waals surface area contributed by atoms with Gasteiger partial charge in [0, 0.05) is 17.6 Å². The molecule has 112 valence electrons. The molecule has 0 amide bonds. The first-order valence-corrected chi connectivity index (χ1v) is 8.21. The highest BCUT2D eigenvalue weighted by molar-refractivity contribution is 6.30. The van der Waals surface area contributed by atoms with Crippen molar-refractivity contribution >= 4 is 11.6 Å². The minimum atomic E-state index is 0.772. The van der Waals surface area contributed by atoms with Crippen molar-refractivity contribution in [2.24, 2.45) is 0 Å². The lowest BCUT2D eigenvalue weighted by molar-refractivity contribution is 0.134. The molecule has 1 aromatic rings. The van der Waals surface area contributed by atoms with Gasteiger partial charge < -0.3 is 9.64 Å². The van der Waals surface area contributed by atoms with E-state index in [0.29, 0.717) is 0 Å². The average Bonchev–Trinajstić information content (AvgIpc) is 2.46. The number of halogens is 1. The lowest BCUT2D eigenvalue weighted by atomic mass is 10.00. The van der Waals surface area contributed by atoms with Gasteiger partial charge in [-0.2, -0.15) is 0 Å². The minimum Gasteiger partial charge on any atom is -0.493 e. The van der Waals surface area contributed by atoms with Gasteiger partial charge in [0.2, 0.25) is 0 Å². The van der Waals surface area contributed by atoms with Crippen LogP contribution in [0.2, 0.25) is 5.02 Å². The quantitative estimate of drug-likeness (QED) is 0.706. The molecule has 3 heteroatoms.